The quantitative estimate of drug-likeness (QED) is 0.897. The van der Waals surface area contributed by atoms with Crippen molar-refractivity contribution in [3.63, 3.8) is 0 Å². The van der Waals surface area contributed by atoms with Crippen LogP contribution in [0.1, 0.15) is 58.6 Å². The first-order valence-electron chi connectivity index (χ1n) is 8.38. The van der Waals surface area contributed by atoms with Gasteiger partial charge in [-0.05, 0) is 51.7 Å². The van der Waals surface area contributed by atoms with Crippen molar-refractivity contribution in [1.29, 1.82) is 0 Å². The van der Waals surface area contributed by atoms with Gasteiger partial charge in [-0.3, -0.25) is 9.59 Å². The zero-order chi connectivity index (χ0) is 17.3. The summed E-state index contributed by atoms with van der Waals surface area (Å²) in [5.74, 6) is 0.0471. The van der Waals surface area contributed by atoms with Crippen LogP contribution in [-0.2, 0) is 21.4 Å². The maximum absolute atomic E-state index is 12.8. The molecule has 1 aliphatic heterocycles. The lowest BCUT2D eigenvalue weighted by molar-refractivity contribution is -0.130. The minimum absolute atomic E-state index is 0.00373. The highest BCUT2D eigenvalue weighted by Crippen LogP contribution is 2.26. The number of carbonyl (C=O) groups excluding carboxylic acids is 2. The zero-order valence-corrected chi connectivity index (χ0v) is 14.8. The van der Waals surface area contributed by atoms with Crippen molar-refractivity contribution in [1.82, 2.24) is 10.6 Å². The molecule has 2 rings (SSSR count). The molecule has 1 heterocycles. The fourth-order valence-electron chi connectivity index (χ4n) is 3.02. The molecule has 0 saturated carbocycles. The van der Waals surface area contributed by atoms with Crippen LogP contribution in [0.2, 0.25) is 0 Å². The fourth-order valence-corrected chi connectivity index (χ4v) is 3.02. The van der Waals surface area contributed by atoms with Crippen molar-refractivity contribution < 1.29 is 9.59 Å². The van der Waals surface area contributed by atoms with Crippen LogP contribution in [-0.4, -0.2) is 23.4 Å². The Morgan fingerprint density at radius 2 is 1.91 bits per heavy atom. The number of piperidine rings is 1. The molecule has 0 bridgehead atoms. The van der Waals surface area contributed by atoms with Gasteiger partial charge in [-0.15, -0.1) is 0 Å². The molecule has 1 aromatic rings. The first-order chi connectivity index (χ1) is 10.7. The Kier molecular flexibility index (Phi) is 4.83. The second kappa shape index (κ2) is 6.34. The first kappa shape index (κ1) is 17.5. The van der Waals surface area contributed by atoms with Gasteiger partial charge in [-0.2, -0.15) is 0 Å². The molecule has 1 saturated heterocycles. The van der Waals surface area contributed by atoms with E-state index in [-0.39, 0.29) is 17.9 Å². The summed E-state index contributed by atoms with van der Waals surface area (Å²) in [6.07, 6.45) is 2.12. The van der Waals surface area contributed by atoms with Gasteiger partial charge in [-0.1, -0.05) is 31.2 Å². The van der Waals surface area contributed by atoms with Gasteiger partial charge in [0, 0.05) is 6.42 Å². The molecule has 4 nitrogen and oxygen atoms in total. The minimum Gasteiger partial charge on any atom is -0.350 e. The van der Waals surface area contributed by atoms with Crippen molar-refractivity contribution in [2.24, 2.45) is 0 Å². The van der Waals surface area contributed by atoms with Gasteiger partial charge in [0.15, 0.2) is 0 Å². The molecule has 2 amide bonds. The Hall–Kier alpha value is -1.84. The molecule has 2 N–H and O–H groups in total. The maximum atomic E-state index is 12.8. The zero-order valence-electron chi connectivity index (χ0n) is 14.8. The third-order valence-electron chi connectivity index (χ3n) is 4.95. The molecule has 0 aromatic heterocycles. The summed E-state index contributed by atoms with van der Waals surface area (Å²) < 4.78 is 0. The number of benzene rings is 1. The van der Waals surface area contributed by atoms with E-state index in [0.29, 0.717) is 12.8 Å². The highest BCUT2D eigenvalue weighted by atomic mass is 16.2. The van der Waals surface area contributed by atoms with Crippen LogP contribution in [0, 0.1) is 0 Å². The molecule has 1 aromatic carbocycles. The number of hydrogen-bond donors (Lipinski definition) is 2. The van der Waals surface area contributed by atoms with E-state index in [2.05, 4.69) is 29.7 Å². The van der Waals surface area contributed by atoms with Gasteiger partial charge >= 0.3 is 0 Å². The molecule has 126 valence electrons. The van der Waals surface area contributed by atoms with E-state index in [0.717, 1.165) is 12.0 Å². The topological polar surface area (TPSA) is 58.2 Å². The molecule has 1 aliphatic rings. The van der Waals surface area contributed by atoms with Gasteiger partial charge in [0.2, 0.25) is 11.8 Å². The summed E-state index contributed by atoms with van der Waals surface area (Å²) in [6, 6.07) is 8.17. The van der Waals surface area contributed by atoms with Crippen molar-refractivity contribution in [3.8, 4) is 0 Å². The third-order valence-corrected chi connectivity index (χ3v) is 4.95. The summed E-state index contributed by atoms with van der Waals surface area (Å²) in [6.45, 7) is 9.91. The van der Waals surface area contributed by atoms with Crippen molar-refractivity contribution >= 4 is 11.8 Å². The molecular formula is C19H28N2O2. The second-order valence-electron chi connectivity index (χ2n) is 7.51. The average molecular weight is 316 g/mol. The Labute approximate surface area is 139 Å². The van der Waals surface area contributed by atoms with Crippen LogP contribution in [0.25, 0.3) is 0 Å². The smallest absolute Gasteiger partial charge is 0.230 e. The molecule has 0 aliphatic carbocycles. The summed E-state index contributed by atoms with van der Waals surface area (Å²) in [7, 11) is 0. The van der Waals surface area contributed by atoms with Crippen LogP contribution >= 0.6 is 0 Å². The Balaban J connectivity index is 2.13. The van der Waals surface area contributed by atoms with E-state index >= 15 is 0 Å². The van der Waals surface area contributed by atoms with Gasteiger partial charge in [0.25, 0.3) is 0 Å². The normalized spacial score (nSPS) is 20.7. The lowest BCUT2D eigenvalue weighted by atomic mass is 9.81. The largest absolute Gasteiger partial charge is 0.350 e. The monoisotopic (exact) mass is 316 g/mol. The van der Waals surface area contributed by atoms with Crippen LogP contribution in [0.3, 0.4) is 0 Å². The van der Waals surface area contributed by atoms with E-state index in [1.165, 1.54) is 5.56 Å². The lowest BCUT2D eigenvalue weighted by Gasteiger charge is -2.41. The lowest BCUT2D eigenvalue weighted by Crippen LogP contribution is -2.63. The molecule has 1 fully saturated rings. The highest BCUT2D eigenvalue weighted by Gasteiger charge is 2.39. The van der Waals surface area contributed by atoms with E-state index in [4.69, 9.17) is 0 Å². The predicted octanol–water partition coefficient (Wildman–Crippen LogP) is 2.70. The number of carbonyl (C=O) groups is 2. The fraction of sp³-hybridized carbons (Fsp3) is 0.579. The number of amides is 2. The van der Waals surface area contributed by atoms with Crippen molar-refractivity contribution in [2.75, 3.05) is 0 Å². The van der Waals surface area contributed by atoms with Crippen LogP contribution in [0.5, 0.6) is 0 Å². The number of rotatable bonds is 4. The first-order valence-corrected chi connectivity index (χ1v) is 8.38. The predicted molar refractivity (Wildman–Crippen MR) is 92.2 cm³/mol. The van der Waals surface area contributed by atoms with E-state index in [1.807, 2.05) is 39.8 Å². The molecular weight excluding hydrogens is 288 g/mol. The molecule has 0 spiro atoms. The standard InChI is InChI=1S/C19H28N2O2/c1-6-13-7-9-14(10-8-13)18(2,3)17(23)20-15-11-12-16(22)21-19(15,4)5/h7-10,15H,6,11-12H2,1-5H3,(H,20,23)(H,21,22). The average Bonchev–Trinajstić information content (AvgIpc) is 2.49. The maximum Gasteiger partial charge on any atom is 0.230 e. The summed E-state index contributed by atoms with van der Waals surface area (Å²) in [4.78, 5) is 24.4. The van der Waals surface area contributed by atoms with Crippen molar-refractivity contribution in [2.45, 2.75) is 70.9 Å². The van der Waals surface area contributed by atoms with Crippen molar-refractivity contribution in [3.05, 3.63) is 35.4 Å². The number of aryl methyl sites for hydroxylation is 1. The Morgan fingerprint density at radius 3 is 2.43 bits per heavy atom. The number of nitrogens with one attached hydrogen (secondary N) is 2. The van der Waals surface area contributed by atoms with Gasteiger partial charge < -0.3 is 10.6 Å². The molecule has 1 atom stereocenters. The highest BCUT2D eigenvalue weighted by molar-refractivity contribution is 5.88. The summed E-state index contributed by atoms with van der Waals surface area (Å²) >= 11 is 0. The van der Waals surface area contributed by atoms with E-state index in [1.54, 1.807) is 0 Å². The molecule has 0 radical (unpaired) electrons. The van der Waals surface area contributed by atoms with Crippen LogP contribution in [0.15, 0.2) is 24.3 Å². The Bertz CT molecular complexity index is 588. The van der Waals surface area contributed by atoms with E-state index < -0.39 is 11.0 Å². The SMILES string of the molecule is CCc1ccc(C(C)(C)C(=O)NC2CCC(=O)NC2(C)C)cc1. The van der Waals surface area contributed by atoms with Gasteiger partial charge in [0.1, 0.15) is 0 Å². The molecule has 23 heavy (non-hydrogen) atoms. The van der Waals surface area contributed by atoms with Gasteiger partial charge in [0.05, 0.1) is 17.0 Å². The third kappa shape index (κ3) is 3.74. The van der Waals surface area contributed by atoms with Crippen LogP contribution < -0.4 is 10.6 Å². The number of hydrogen-bond acceptors (Lipinski definition) is 2. The molecule has 1 unspecified atom stereocenters. The second-order valence-corrected chi connectivity index (χ2v) is 7.51. The van der Waals surface area contributed by atoms with Gasteiger partial charge in [-0.25, -0.2) is 0 Å². The molecule has 4 heteroatoms. The summed E-state index contributed by atoms with van der Waals surface area (Å²) in [5.41, 5.74) is 1.24. The summed E-state index contributed by atoms with van der Waals surface area (Å²) in [5, 5.41) is 6.11. The van der Waals surface area contributed by atoms with E-state index in [9.17, 15) is 9.59 Å². The van der Waals surface area contributed by atoms with Crippen LogP contribution in [0.4, 0.5) is 0 Å². The minimum atomic E-state index is -0.607. The Morgan fingerprint density at radius 1 is 1.30 bits per heavy atom.